The fraction of sp³-hybridized carbons (Fsp3) is 0.143. The predicted molar refractivity (Wildman–Crippen MR) is 39.1 cm³/mol. The second-order valence-corrected chi connectivity index (χ2v) is 2.17. The van der Waals surface area contributed by atoms with Crippen LogP contribution < -0.4 is 0 Å². The van der Waals surface area contributed by atoms with Crippen molar-refractivity contribution >= 4 is 0 Å². The molecule has 0 bridgehead atoms. The third-order valence-electron chi connectivity index (χ3n) is 1.33. The van der Waals surface area contributed by atoms with Gasteiger partial charge in [0, 0.05) is 12.4 Å². The average Bonchev–Trinajstić information content (AvgIpc) is 2.59. The lowest BCUT2D eigenvalue weighted by atomic mass is 10.4. The first-order valence-electron chi connectivity index (χ1n) is 3.46. The molecule has 0 aliphatic rings. The lowest BCUT2D eigenvalue weighted by Gasteiger charge is -1.91. The fourth-order valence-electron chi connectivity index (χ4n) is 0.829. The molecule has 2 rings (SSSR count). The molecule has 0 aliphatic heterocycles. The smallest absolute Gasteiger partial charge is 0.223 e. The van der Waals surface area contributed by atoms with E-state index in [4.69, 9.17) is 4.42 Å². The van der Waals surface area contributed by atoms with E-state index in [-0.39, 0.29) is 0 Å². The molecule has 2 aromatic heterocycles. The monoisotopic (exact) mass is 162 g/mol. The summed E-state index contributed by atoms with van der Waals surface area (Å²) in [4.78, 5) is 8.03. The van der Waals surface area contributed by atoms with Gasteiger partial charge < -0.3 is 4.42 Å². The van der Waals surface area contributed by atoms with Crippen molar-refractivity contribution in [1.82, 2.24) is 20.2 Å². The number of nitrogens with zero attached hydrogens (tertiary/aromatic N) is 4. The fourth-order valence-corrected chi connectivity index (χ4v) is 0.829. The third kappa shape index (κ3) is 1.45. The van der Waals surface area contributed by atoms with Gasteiger partial charge in [-0.3, -0.25) is 0 Å². The maximum atomic E-state index is 4.94. The molecule has 0 atom stereocenters. The molecule has 0 saturated carbocycles. The van der Waals surface area contributed by atoms with E-state index >= 15 is 0 Å². The van der Waals surface area contributed by atoms with Crippen LogP contribution in [0.3, 0.4) is 0 Å². The Labute approximate surface area is 68.5 Å². The van der Waals surface area contributed by atoms with Gasteiger partial charge in [-0.15, -0.1) is 10.2 Å². The lowest BCUT2D eigenvalue weighted by Crippen LogP contribution is -1.94. The first-order valence-corrected chi connectivity index (χ1v) is 3.46. The summed E-state index contributed by atoms with van der Waals surface area (Å²) in [6, 6.07) is 1.76. The molecule has 2 aromatic rings. The Morgan fingerprint density at radius 3 is 2.75 bits per heavy atom. The Morgan fingerprint density at radius 2 is 2.08 bits per heavy atom. The zero-order valence-electron chi connectivity index (χ0n) is 6.21. The molecule has 0 aromatic carbocycles. The molecule has 0 unspecified atom stereocenters. The molecule has 60 valence electrons. The summed E-state index contributed by atoms with van der Waals surface area (Å²) in [5.74, 6) is 1.21. The van der Waals surface area contributed by atoms with Crippen molar-refractivity contribution in [2.45, 2.75) is 6.42 Å². The van der Waals surface area contributed by atoms with E-state index < -0.39 is 0 Å². The van der Waals surface area contributed by atoms with Gasteiger partial charge in [0.15, 0.2) is 0 Å². The molecule has 0 spiro atoms. The maximum absolute atomic E-state index is 4.94. The van der Waals surface area contributed by atoms with Crippen molar-refractivity contribution in [3.05, 3.63) is 36.6 Å². The summed E-state index contributed by atoms with van der Waals surface area (Å²) >= 11 is 0. The molecule has 0 aliphatic carbocycles. The summed E-state index contributed by atoms with van der Waals surface area (Å²) in [6.07, 6.45) is 5.14. The Hall–Kier alpha value is -1.78. The largest absolute Gasteiger partial charge is 0.428 e. The van der Waals surface area contributed by atoms with Gasteiger partial charge in [0.1, 0.15) is 5.82 Å². The van der Waals surface area contributed by atoms with E-state index in [1.807, 2.05) is 0 Å². The van der Waals surface area contributed by atoms with Gasteiger partial charge in [-0.1, -0.05) is 0 Å². The topological polar surface area (TPSA) is 64.7 Å². The van der Waals surface area contributed by atoms with E-state index in [0.717, 1.165) is 0 Å². The van der Waals surface area contributed by atoms with Crippen LogP contribution in [0.1, 0.15) is 11.7 Å². The Kier molecular flexibility index (Phi) is 1.77. The van der Waals surface area contributed by atoms with Crippen molar-refractivity contribution < 1.29 is 4.42 Å². The highest BCUT2D eigenvalue weighted by Crippen LogP contribution is 1.98. The molecule has 0 amide bonds. The summed E-state index contributed by atoms with van der Waals surface area (Å²) < 4.78 is 4.94. The molecular weight excluding hydrogens is 156 g/mol. The Balaban J connectivity index is 2.15. The highest BCUT2D eigenvalue weighted by Gasteiger charge is 2.01. The number of hydrogen-bond donors (Lipinski definition) is 0. The first-order chi connectivity index (χ1) is 5.95. The Bertz CT molecular complexity index is 332. The predicted octanol–water partition coefficient (Wildman–Crippen LogP) is 0.450. The molecule has 5 nitrogen and oxygen atoms in total. The summed E-state index contributed by atoms with van der Waals surface area (Å²) in [6.45, 7) is 0. The van der Waals surface area contributed by atoms with Gasteiger partial charge in [0.25, 0.3) is 0 Å². The zero-order valence-corrected chi connectivity index (χ0v) is 6.21. The molecule has 0 N–H and O–H groups in total. The number of hydrogen-bond acceptors (Lipinski definition) is 5. The second kappa shape index (κ2) is 3.08. The van der Waals surface area contributed by atoms with Crippen LogP contribution in [0.4, 0.5) is 0 Å². The van der Waals surface area contributed by atoms with E-state index in [9.17, 15) is 0 Å². The highest BCUT2D eigenvalue weighted by atomic mass is 16.4. The second-order valence-electron chi connectivity index (χ2n) is 2.17. The van der Waals surface area contributed by atoms with Crippen LogP contribution in [0, 0.1) is 0 Å². The summed E-state index contributed by atoms with van der Waals surface area (Å²) in [5.41, 5.74) is 0. The van der Waals surface area contributed by atoms with E-state index in [1.165, 1.54) is 6.39 Å². The zero-order chi connectivity index (χ0) is 8.23. The average molecular weight is 162 g/mol. The SMILES string of the molecule is c1cnc(Cc2nnco2)nc1. The van der Waals surface area contributed by atoms with Crippen LogP contribution in [0.15, 0.2) is 29.3 Å². The van der Waals surface area contributed by atoms with Gasteiger partial charge in [0.2, 0.25) is 12.3 Å². The highest BCUT2D eigenvalue weighted by molar-refractivity contribution is 4.95. The van der Waals surface area contributed by atoms with Gasteiger partial charge >= 0.3 is 0 Å². The molecule has 0 saturated heterocycles. The van der Waals surface area contributed by atoms with Crippen LogP contribution in [-0.4, -0.2) is 20.2 Å². The Morgan fingerprint density at radius 1 is 1.25 bits per heavy atom. The van der Waals surface area contributed by atoms with Crippen LogP contribution in [0.5, 0.6) is 0 Å². The first kappa shape index (κ1) is 6.90. The number of rotatable bonds is 2. The molecule has 0 fully saturated rings. The van der Waals surface area contributed by atoms with Gasteiger partial charge in [0.05, 0.1) is 6.42 Å². The summed E-state index contributed by atoms with van der Waals surface area (Å²) in [5, 5.41) is 7.26. The molecule has 12 heavy (non-hydrogen) atoms. The van der Waals surface area contributed by atoms with Crippen molar-refractivity contribution in [3.8, 4) is 0 Å². The maximum Gasteiger partial charge on any atom is 0.223 e. The van der Waals surface area contributed by atoms with Crippen molar-refractivity contribution in [1.29, 1.82) is 0 Å². The molecule has 0 radical (unpaired) electrons. The third-order valence-corrected chi connectivity index (χ3v) is 1.33. The normalized spacial score (nSPS) is 10.0. The minimum Gasteiger partial charge on any atom is -0.428 e. The summed E-state index contributed by atoms with van der Waals surface area (Å²) in [7, 11) is 0. The van der Waals surface area contributed by atoms with Crippen molar-refractivity contribution in [2.24, 2.45) is 0 Å². The molecule has 2 heterocycles. The van der Waals surface area contributed by atoms with Gasteiger partial charge in [-0.2, -0.15) is 0 Å². The van der Waals surface area contributed by atoms with E-state index in [2.05, 4.69) is 20.2 Å². The quantitative estimate of drug-likeness (QED) is 0.641. The minimum atomic E-state index is 0.487. The van der Waals surface area contributed by atoms with Gasteiger partial charge in [-0.05, 0) is 6.07 Å². The van der Waals surface area contributed by atoms with E-state index in [1.54, 1.807) is 18.5 Å². The van der Waals surface area contributed by atoms with Crippen molar-refractivity contribution in [2.75, 3.05) is 0 Å². The molecule has 5 heteroatoms. The molecular formula is C7H6N4O. The van der Waals surface area contributed by atoms with Crippen LogP contribution in [-0.2, 0) is 6.42 Å². The van der Waals surface area contributed by atoms with Crippen LogP contribution in [0.2, 0.25) is 0 Å². The van der Waals surface area contributed by atoms with E-state index in [0.29, 0.717) is 18.1 Å². The van der Waals surface area contributed by atoms with Crippen LogP contribution >= 0.6 is 0 Å². The van der Waals surface area contributed by atoms with Crippen LogP contribution in [0.25, 0.3) is 0 Å². The standard InChI is InChI=1S/C7H6N4O/c1-2-8-6(9-3-1)4-7-11-10-5-12-7/h1-3,5H,4H2. The lowest BCUT2D eigenvalue weighted by molar-refractivity contribution is 0.501. The number of aromatic nitrogens is 4. The van der Waals surface area contributed by atoms with Gasteiger partial charge in [-0.25, -0.2) is 9.97 Å². The minimum absolute atomic E-state index is 0.487. The van der Waals surface area contributed by atoms with Crippen molar-refractivity contribution in [3.63, 3.8) is 0 Å².